The van der Waals surface area contributed by atoms with Gasteiger partial charge >= 0.3 is 0 Å². The minimum atomic E-state index is -0.219. The van der Waals surface area contributed by atoms with E-state index >= 15 is 0 Å². The number of nitrogens with zero attached hydrogens (tertiary/aromatic N) is 1. The van der Waals surface area contributed by atoms with Gasteiger partial charge < -0.3 is 5.32 Å². The van der Waals surface area contributed by atoms with Gasteiger partial charge in [-0.15, -0.1) is 0 Å². The normalized spacial score (nSPS) is 17.4. The Bertz CT molecular complexity index is 591. The molecule has 2 nitrogen and oxygen atoms in total. The van der Waals surface area contributed by atoms with Crippen molar-refractivity contribution < 1.29 is 4.39 Å². The Balaban J connectivity index is 1.91. The van der Waals surface area contributed by atoms with Crippen LogP contribution in [0.2, 0.25) is 5.02 Å². The number of benzene rings is 2. The predicted molar refractivity (Wildman–Crippen MR) is 88.7 cm³/mol. The summed E-state index contributed by atoms with van der Waals surface area (Å²) < 4.78 is 14.2. The highest BCUT2D eigenvalue weighted by Crippen LogP contribution is 2.30. The molecule has 1 N–H and O–H groups in total. The number of piperazine rings is 1. The molecule has 0 amide bonds. The van der Waals surface area contributed by atoms with Crippen molar-refractivity contribution in [2.24, 2.45) is 0 Å². The lowest BCUT2D eigenvalue weighted by atomic mass is 9.96. The van der Waals surface area contributed by atoms with Gasteiger partial charge in [0, 0.05) is 42.8 Å². The largest absolute Gasteiger partial charge is 0.314 e. The first-order valence-corrected chi connectivity index (χ1v) is 8.06. The lowest BCUT2D eigenvalue weighted by Crippen LogP contribution is -2.45. The zero-order chi connectivity index (χ0) is 15.4. The second-order valence-electron chi connectivity index (χ2n) is 5.62. The van der Waals surface area contributed by atoms with Gasteiger partial charge in [0.2, 0.25) is 0 Å². The Morgan fingerprint density at radius 1 is 1.05 bits per heavy atom. The minimum Gasteiger partial charge on any atom is -0.314 e. The Labute approximate surface area is 135 Å². The van der Waals surface area contributed by atoms with Crippen molar-refractivity contribution in [3.63, 3.8) is 0 Å². The van der Waals surface area contributed by atoms with Crippen molar-refractivity contribution in [1.29, 1.82) is 0 Å². The molecule has 2 aromatic carbocycles. The van der Waals surface area contributed by atoms with Crippen LogP contribution in [0, 0.1) is 5.82 Å². The summed E-state index contributed by atoms with van der Waals surface area (Å²) in [5.41, 5.74) is 1.82. The molecule has 1 unspecified atom stereocenters. The zero-order valence-corrected chi connectivity index (χ0v) is 13.2. The smallest absolute Gasteiger partial charge is 0.127 e. The highest BCUT2D eigenvalue weighted by atomic mass is 35.5. The maximum absolute atomic E-state index is 14.2. The summed E-state index contributed by atoms with van der Waals surface area (Å²) in [6.45, 7) is 3.86. The van der Waals surface area contributed by atoms with Gasteiger partial charge in [-0.1, -0.05) is 48.0 Å². The van der Waals surface area contributed by atoms with Crippen LogP contribution in [-0.4, -0.2) is 31.1 Å². The van der Waals surface area contributed by atoms with Gasteiger partial charge in [-0.2, -0.15) is 0 Å². The number of hydrogen-bond donors (Lipinski definition) is 1. The van der Waals surface area contributed by atoms with Crippen LogP contribution < -0.4 is 5.32 Å². The average molecular weight is 319 g/mol. The molecule has 0 radical (unpaired) electrons. The molecule has 0 bridgehead atoms. The lowest BCUT2D eigenvalue weighted by Gasteiger charge is -2.35. The minimum absolute atomic E-state index is 0.151. The number of halogens is 2. The van der Waals surface area contributed by atoms with E-state index in [1.165, 1.54) is 11.6 Å². The summed E-state index contributed by atoms with van der Waals surface area (Å²) in [4.78, 5) is 2.41. The van der Waals surface area contributed by atoms with Gasteiger partial charge in [-0.3, -0.25) is 4.90 Å². The molecule has 0 aliphatic carbocycles. The Hall–Kier alpha value is -1.42. The maximum Gasteiger partial charge on any atom is 0.127 e. The third-order valence-corrected chi connectivity index (χ3v) is 4.59. The summed E-state index contributed by atoms with van der Waals surface area (Å²) >= 11 is 6.23. The summed E-state index contributed by atoms with van der Waals surface area (Å²) in [6, 6.07) is 15.4. The highest BCUT2D eigenvalue weighted by molar-refractivity contribution is 6.31. The van der Waals surface area contributed by atoms with Crippen molar-refractivity contribution in [1.82, 2.24) is 10.2 Å². The summed E-state index contributed by atoms with van der Waals surface area (Å²) in [6.07, 6.45) is 0.593. The molecule has 0 saturated carbocycles. The fourth-order valence-electron chi connectivity index (χ4n) is 3.05. The standard InChI is InChI=1S/C18H20ClFN2/c19-16-7-4-8-17(20)15(16)13-18(14-5-2-1-3-6-14)22-11-9-21-10-12-22/h1-8,18,21H,9-13H2. The van der Waals surface area contributed by atoms with Crippen molar-refractivity contribution in [3.8, 4) is 0 Å². The average Bonchev–Trinajstić information content (AvgIpc) is 2.56. The van der Waals surface area contributed by atoms with Gasteiger partial charge in [-0.25, -0.2) is 4.39 Å². The van der Waals surface area contributed by atoms with E-state index in [-0.39, 0.29) is 11.9 Å². The fraction of sp³-hybridized carbons (Fsp3) is 0.333. The number of rotatable bonds is 4. The van der Waals surface area contributed by atoms with Crippen LogP contribution >= 0.6 is 11.6 Å². The van der Waals surface area contributed by atoms with Gasteiger partial charge in [0.15, 0.2) is 0 Å². The van der Waals surface area contributed by atoms with Crippen LogP contribution in [0.3, 0.4) is 0 Å². The molecule has 1 saturated heterocycles. The van der Waals surface area contributed by atoms with E-state index in [0.717, 1.165) is 26.2 Å². The first kappa shape index (κ1) is 15.5. The van der Waals surface area contributed by atoms with E-state index in [4.69, 9.17) is 11.6 Å². The molecule has 22 heavy (non-hydrogen) atoms. The van der Waals surface area contributed by atoms with Crippen molar-refractivity contribution in [2.75, 3.05) is 26.2 Å². The molecule has 1 aliphatic rings. The Kier molecular flexibility index (Phi) is 5.08. The predicted octanol–water partition coefficient (Wildman–Crippen LogP) is 3.67. The lowest BCUT2D eigenvalue weighted by molar-refractivity contribution is 0.171. The summed E-state index contributed by atoms with van der Waals surface area (Å²) in [7, 11) is 0. The molecule has 1 atom stereocenters. The second-order valence-corrected chi connectivity index (χ2v) is 6.02. The first-order valence-electron chi connectivity index (χ1n) is 7.68. The van der Waals surface area contributed by atoms with E-state index in [1.807, 2.05) is 18.2 Å². The summed E-state index contributed by atoms with van der Waals surface area (Å²) in [5, 5.41) is 3.88. The van der Waals surface area contributed by atoms with Crippen LogP contribution in [0.1, 0.15) is 17.2 Å². The second kappa shape index (κ2) is 7.23. The molecular formula is C18H20ClFN2. The SMILES string of the molecule is Fc1cccc(Cl)c1CC(c1ccccc1)N1CCNCC1. The number of nitrogens with one attached hydrogen (secondary N) is 1. The molecule has 0 aromatic heterocycles. The molecule has 2 aromatic rings. The maximum atomic E-state index is 14.2. The zero-order valence-electron chi connectivity index (χ0n) is 12.4. The van der Waals surface area contributed by atoms with E-state index in [1.54, 1.807) is 12.1 Å². The van der Waals surface area contributed by atoms with Gasteiger partial charge in [0.1, 0.15) is 5.82 Å². The van der Waals surface area contributed by atoms with Crippen molar-refractivity contribution in [2.45, 2.75) is 12.5 Å². The van der Waals surface area contributed by atoms with E-state index < -0.39 is 0 Å². The molecule has 1 aliphatic heterocycles. The van der Waals surface area contributed by atoms with Gasteiger partial charge in [-0.05, 0) is 24.1 Å². The van der Waals surface area contributed by atoms with Crippen molar-refractivity contribution >= 4 is 11.6 Å². The van der Waals surface area contributed by atoms with Crippen LogP contribution in [0.15, 0.2) is 48.5 Å². The third kappa shape index (κ3) is 3.49. The first-order chi connectivity index (χ1) is 10.8. The van der Waals surface area contributed by atoms with Crippen LogP contribution in [0.5, 0.6) is 0 Å². The van der Waals surface area contributed by atoms with Crippen molar-refractivity contribution in [3.05, 3.63) is 70.5 Å². The van der Waals surface area contributed by atoms with Crippen LogP contribution in [0.4, 0.5) is 4.39 Å². The fourth-order valence-corrected chi connectivity index (χ4v) is 3.29. The topological polar surface area (TPSA) is 15.3 Å². The molecular weight excluding hydrogens is 299 g/mol. The molecule has 3 rings (SSSR count). The van der Waals surface area contributed by atoms with E-state index in [2.05, 4.69) is 22.3 Å². The molecule has 116 valence electrons. The van der Waals surface area contributed by atoms with Crippen LogP contribution in [0.25, 0.3) is 0 Å². The highest BCUT2D eigenvalue weighted by Gasteiger charge is 2.24. The monoisotopic (exact) mass is 318 g/mol. The molecule has 4 heteroatoms. The van der Waals surface area contributed by atoms with Gasteiger partial charge in [0.05, 0.1) is 0 Å². The van der Waals surface area contributed by atoms with E-state index in [9.17, 15) is 4.39 Å². The molecule has 0 spiro atoms. The Morgan fingerprint density at radius 2 is 1.77 bits per heavy atom. The molecule has 1 heterocycles. The van der Waals surface area contributed by atoms with Gasteiger partial charge in [0.25, 0.3) is 0 Å². The van der Waals surface area contributed by atoms with Crippen LogP contribution in [-0.2, 0) is 6.42 Å². The Morgan fingerprint density at radius 3 is 2.45 bits per heavy atom. The number of hydrogen-bond acceptors (Lipinski definition) is 2. The summed E-state index contributed by atoms with van der Waals surface area (Å²) in [5.74, 6) is -0.219. The quantitative estimate of drug-likeness (QED) is 0.925. The molecule has 1 fully saturated rings. The van der Waals surface area contributed by atoms with E-state index in [0.29, 0.717) is 17.0 Å². The third-order valence-electron chi connectivity index (χ3n) is 4.24.